The predicted molar refractivity (Wildman–Crippen MR) is 163 cm³/mol. The van der Waals surface area contributed by atoms with Crippen LogP contribution in [0.15, 0.2) is 53.4 Å². The minimum atomic E-state index is 0.0145. The van der Waals surface area contributed by atoms with Crippen molar-refractivity contribution in [3.63, 3.8) is 0 Å². The van der Waals surface area contributed by atoms with Crippen LogP contribution in [0.5, 0.6) is 11.5 Å². The number of thioether (sulfide) groups is 1. The first-order chi connectivity index (χ1) is 19.4. The number of rotatable bonds is 9. The second-order valence-corrected chi connectivity index (χ2v) is 13.0. The van der Waals surface area contributed by atoms with Gasteiger partial charge in [-0.3, -0.25) is 9.69 Å². The normalized spacial score (nSPS) is 20.2. The summed E-state index contributed by atoms with van der Waals surface area (Å²) in [6.07, 6.45) is 5.21. The van der Waals surface area contributed by atoms with Crippen molar-refractivity contribution in [2.75, 3.05) is 25.2 Å². The fourth-order valence-electron chi connectivity index (χ4n) is 6.10. The number of nitrogens with zero attached hydrogens (tertiary/aromatic N) is 1. The summed E-state index contributed by atoms with van der Waals surface area (Å²) < 4.78 is 11.3. The quantitative estimate of drug-likeness (QED) is 0.280. The fourth-order valence-corrected chi connectivity index (χ4v) is 7.42. The summed E-state index contributed by atoms with van der Waals surface area (Å²) >= 11 is 8.34. The molecule has 3 aromatic rings. The van der Waals surface area contributed by atoms with Crippen LogP contribution in [0.1, 0.15) is 72.9 Å². The van der Waals surface area contributed by atoms with Crippen LogP contribution in [-0.4, -0.2) is 35.9 Å². The summed E-state index contributed by atoms with van der Waals surface area (Å²) in [6, 6.07) is 17.4. The van der Waals surface area contributed by atoms with Crippen molar-refractivity contribution in [2.45, 2.75) is 75.0 Å². The highest BCUT2D eigenvalue weighted by Crippen LogP contribution is 2.45. The Bertz CT molecular complexity index is 1380. The molecule has 3 aromatic carbocycles. The second kappa shape index (κ2) is 11.7. The summed E-state index contributed by atoms with van der Waals surface area (Å²) in [5.41, 5.74) is 6.82. The monoisotopic (exact) mass is 576 g/mol. The van der Waals surface area contributed by atoms with Crippen molar-refractivity contribution in [2.24, 2.45) is 0 Å². The van der Waals surface area contributed by atoms with E-state index >= 15 is 0 Å². The summed E-state index contributed by atoms with van der Waals surface area (Å²) in [7, 11) is 0. The Labute approximate surface area is 246 Å². The molecule has 1 saturated heterocycles. The maximum Gasteiger partial charge on any atom is 0.238 e. The van der Waals surface area contributed by atoms with Gasteiger partial charge >= 0.3 is 0 Å². The van der Waals surface area contributed by atoms with Gasteiger partial charge in [0.05, 0.1) is 6.54 Å². The van der Waals surface area contributed by atoms with Crippen LogP contribution in [0.2, 0.25) is 5.02 Å². The van der Waals surface area contributed by atoms with E-state index < -0.39 is 0 Å². The highest BCUT2D eigenvalue weighted by Gasteiger charge is 2.36. The third-order valence-electron chi connectivity index (χ3n) is 8.34. The SMILES string of the molecule is CCc1cc(Cl)cc(CC)c1NC(=O)CN1C[C@H](c2cc3c(cc2C)OCO3)C[C@@H]1c1ccc(SC2CC2)cc1. The van der Waals surface area contributed by atoms with Crippen LogP contribution < -0.4 is 14.8 Å². The van der Waals surface area contributed by atoms with Gasteiger partial charge in [-0.2, -0.15) is 0 Å². The highest BCUT2D eigenvalue weighted by molar-refractivity contribution is 8.00. The molecular formula is C33H37ClN2O3S. The molecule has 5 nitrogen and oxygen atoms in total. The molecule has 1 amide bonds. The van der Waals surface area contributed by atoms with Crippen LogP contribution in [0.3, 0.4) is 0 Å². The molecule has 40 heavy (non-hydrogen) atoms. The van der Waals surface area contributed by atoms with Crippen LogP contribution in [0, 0.1) is 6.92 Å². The predicted octanol–water partition coefficient (Wildman–Crippen LogP) is 7.93. The van der Waals surface area contributed by atoms with Crippen LogP contribution >= 0.6 is 23.4 Å². The molecule has 7 heteroatoms. The zero-order valence-electron chi connectivity index (χ0n) is 23.5. The zero-order valence-corrected chi connectivity index (χ0v) is 25.0. The first kappa shape index (κ1) is 27.5. The summed E-state index contributed by atoms with van der Waals surface area (Å²) in [5, 5.41) is 4.77. The van der Waals surface area contributed by atoms with E-state index in [0.29, 0.717) is 12.5 Å². The van der Waals surface area contributed by atoms with Gasteiger partial charge in [0.25, 0.3) is 0 Å². The van der Waals surface area contributed by atoms with E-state index in [0.717, 1.165) is 64.4 Å². The van der Waals surface area contributed by atoms with Crippen molar-refractivity contribution in [1.82, 2.24) is 4.90 Å². The molecule has 0 aromatic heterocycles. The number of benzene rings is 3. The lowest BCUT2D eigenvalue weighted by molar-refractivity contribution is -0.117. The number of aryl methyl sites for hydroxylation is 3. The van der Waals surface area contributed by atoms with Gasteiger partial charge in [0.1, 0.15) is 0 Å². The Balaban J connectivity index is 1.26. The number of halogens is 1. The molecule has 1 aliphatic carbocycles. The lowest BCUT2D eigenvalue weighted by Gasteiger charge is -2.25. The number of hydrogen-bond acceptors (Lipinski definition) is 5. The average molecular weight is 577 g/mol. The Morgan fingerprint density at radius 2 is 1.70 bits per heavy atom. The fraction of sp³-hybridized carbons (Fsp3) is 0.424. The van der Waals surface area contributed by atoms with Gasteiger partial charge in [-0.05, 0) is 109 Å². The molecule has 0 bridgehead atoms. The van der Waals surface area contributed by atoms with E-state index in [1.54, 1.807) is 0 Å². The Morgan fingerprint density at radius 3 is 2.35 bits per heavy atom. The number of anilines is 1. The van der Waals surface area contributed by atoms with E-state index in [-0.39, 0.29) is 18.7 Å². The van der Waals surface area contributed by atoms with E-state index in [2.05, 4.69) is 67.4 Å². The Morgan fingerprint density at radius 1 is 1.02 bits per heavy atom. The van der Waals surface area contributed by atoms with Gasteiger partial charge in [0, 0.05) is 33.4 Å². The van der Waals surface area contributed by atoms with Crippen molar-refractivity contribution >= 4 is 35.0 Å². The van der Waals surface area contributed by atoms with Crippen molar-refractivity contribution < 1.29 is 14.3 Å². The number of nitrogens with one attached hydrogen (secondary N) is 1. The smallest absolute Gasteiger partial charge is 0.238 e. The maximum atomic E-state index is 13.6. The number of carbonyl (C=O) groups excluding carboxylic acids is 1. The minimum Gasteiger partial charge on any atom is -0.454 e. The summed E-state index contributed by atoms with van der Waals surface area (Å²) in [5.74, 6) is 1.94. The van der Waals surface area contributed by atoms with E-state index in [1.807, 2.05) is 23.9 Å². The largest absolute Gasteiger partial charge is 0.454 e. The number of likely N-dealkylation sites (tertiary alicyclic amines) is 1. The van der Waals surface area contributed by atoms with Crippen molar-refractivity contribution in [3.8, 4) is 11.5 Å². The third-order valence-corrected chi connectivity index (χ3v) is 9.90. The summed E-state index contributed by atoms with van der Waals surface area (Å²) in [4.78, 5) is 17.3. The first-order valence-electron chi connectivity index (χ1n) is 14.4. The molecule has 2 atom stereocenters. The lowest BCUT2D eigenvalue weighted by atomic mass is 9.90. The average Bonchev–Trinajstić information content (AvgIpc) is 3.48. The molecule has 2 fully saturated rings. The minimum absolute atomic E-state index is 0.0145. The zero-order chi connectivity index (χ0) is 27.8. The van der Waals surface area contributed by atoms with Gasteiger partial charge in [-0.1, -0.05) is 37.6 Å². The first-order valence-corrected chi connectivity index (χ1v) is 15.7. The third kappa shape index (κ3) is 5.86. The standard InChI is InChI=1S/C33H37ClN2O3S/c1-4-21-13-25(34)14-22(5-2)33(21)35-32(37)18-36-17-24(28-16-31-30(12-20(28)3)38-19-39-31)15-29(36)23-6-8-26(9-7-23)40-27-10-11-27/h6-9,12-14,16,24,27,29H,4-5,10-11,15,17-19H2,1-3H3,(H,35,37)/t24-,29-/m1/s1. The maximum absolute atomic E-state index is 13.6. The number of amides is 1. The Hall–Kier alpha value is -2.67. The molecule has 0 radical (unpaired) electrons. The van der Waals surface area contributed by atoms with Gasteiger partial charge < -0.3 is 14.8 Å². The lowest BCUT2D eigenvalue weighted by Crippen LogP contribution is -2.33. The van der Waals surface area contributed by atoms with Crippen LogP contribution in [-0.2, 0) is 17.6 Å². The molecular weight excluding hydrogens is 540 g/mol. The van der Waals surface area contributed by atoms with E-state index in [4.69, 9.17) is 21.1 Å². The molecule has 210 valence electrons. The van der Waals surface area contributed by atoms with Crippen LogP contribution in [0.4, 0.5) is 5.69 Å². The number of carbonyl (C=O) groups is 1. The van der Waals surface area contributed by atoms with Gasteiger partial charge in [-0.25, -0.2) is 0 Å². The molecule has 1 saturated carbocycles. The number of ether oxygens (including phenoxy) is 2. The van der Waals surface area contributed by atoms with Crippen molar-refractivity contribution in [3.05, 3.63) is 81.4 Å². The highest BCUT2D eigenvalue weighted by atomic mass is 35.5. The van der Waals surface area contributed by atoms with Crippen LogP contribution in [0.25, 0.3) is 0 Å². The van der Waals surface area contributed by atoms with E-state index in [1.165, 1.54) is 34.4 Å². The van der Waals surface area contributed by atoms with E-state index in [9.17, 15) is 4.79 Å². The van der Waals surface area contributed by atoms with Gasteiger partial charge in [-0.15, -0.1) is 11.8 Å². The second-order valence-electron chi connectivity index (χ2n) is 11.2. The molecule has 3 aliphatic rings. The molecule has 6 rings (SSSR count). The molecule has 0 spiro atoms. The summed E-state index contributed by atoms with van der Waals surface area (Å²) in [6.45, 7) is 7.75. The number of fused-ring (bicyclic) bond motifs is 1. The van der Waals surface area contributed by atoms with Crippen molar-refractivity contribution in [1.29, 1.82) is 0 Å². The Kier molecular flexibility index (Phi) is 8.02. The number of hydrogen-bond donors (Lipinski definition) is 1. The molecule has 1 N–H and O–H groups in total. The molecule has 2 heterocycles. The van der Waals surface area contributed by atoms with Gasteiger partial charge in [0.15, 0.2) is 11.5 Å². The topological polar surface area (TPSA) is 50.8 Å². The molecule has 2 aliphatic heterocycles. The van der Waals surface area contributed by atoms with Gasteiger partial charge in [0.2, 0.25) is 12.7 Å². The molecule has 0 unspecified atom stereocenters.